The van der Waals surface area contributed by atoms with Crippen molar-refractivity contribution in [2.24, 2.45) is 0 Å². The van der Waals surface area contributed by atoms with Crippen LogP contribution in [-0.4, -0.2) is 64.5 Å². The third-order valence-corrected chi connectivity index (χ3v) is 4.84. The Morgan fingerprint density at radius 3 is 2.56 bits per heavy atom. The van der Waals surface area contributed by atoms with E-state index in [-0.39, 0.29) is 22.6 Å². The zero-order valence-corrected chi connectivity index (χ0v) is 17.4. The number of hydrogen-bond donors (Lipinski definition) is 4. The van der Waals surface area contributed by atoms with E-state index in [0.717, 1.165) is 0 Å². The van der Waals surface area contributed by atoms with Crippen molar-refractivity contribution in [1.29, 1.82) is 0 Å². The average molecular weight is 473 g/mol. The standard InChI is InChI=1S/C19H19ClF2N4O6/c1-9(24-16(30)10-2-3-13(23)12(20)4-10)18(32)26-8-19(21,22)6-14(26)17(31)25-11(7-27)5-15(28)29/h2-5,7,9,14H,6,8,23H2,1H3,(H,24,30)(H,25,31)(H,28,29)/b11-5+/t9?,14-/m0/s1. The first kappa shape index (κ1) is 24.7. The van der Waals surface area contributed by atoms with Crippen LogP contribution in [0.2, 0.25) is 5.02 Å². The highest BCUT2D eigenvalue weighted by molar-refractivity contribution is 6.33. The Morgan fingerprint density at radius 2 is 2.00 bits per heavy atom. The van der Waals surface area contributed by atoms with Crippen molar-refractivity contribution < 1.29 is 37.9 Å². The quantitative estimate of drug-likeness (QED) is 0.256. The number of carboxylic acid groups (broad SMARTS) is 1. The predicted octanol–water partition coefficient (Wildman–Crippen LogP) is 0.560. The number of nitrogens with two attached hydrogens (primary N) is 1. The number of aliphatic carboxylic acids is 1. The molecule has 5 N–H and O–H groups in total. The first-order chi connectivity index (χ1) is 14.8. The van der Waals surface area contributed by atoms with Crippen LogP contribution >= 0.6 is 11.6 Å². The van der Waals surface area contributed by atoms with Gasteiger partial charge in [0, 0.05) is 12.0 Å². The van der Waals surface area contributed by atoms with Crippen LogP contribution in [-0.2, 0) is 19.2 Å². The third-order valence-electron chi connectivity index (χ3n) is 4.51. The van der Waals surface area contributed by atoms with Crippen LogP contribution in [0.3, 0.4) is 0 Å². The number of nitrogen functional groups attached to an aromatic ring is 1. The molecule has 2 rings (SSSR count). The maximum absolute atomic E-state index is 14.0. The molecule has 1 fully saturated rings. The summed E-state index contributed by atoms with van der Waals surface area (Å²) in [5.41, 5.74) is 5.19. The molecule has 1 saturated heterocycles. The lowest BCUT2D eigenvalue weighted by atomic mass is 10.1. The van der Waals surface area contributed by atoms with E-state index in [4.69, 9.17) is 22.4 Å². The van der Waals surface area contributed by atoms with Crippen molar-refractivity contribution >= 4 is 47.3 Å². The number of halogens is 3. The number of carboxylic acids is 1. The summed E-state index contributed by atoms with van der Waals surface area (Å²) in [4.78, 5) is 59.6. The molecule has 0 radical (unpaired) electrons. The number of alkyl halides is 2. The molecule has 32 heavy (non-hydrogen) atoms. The van der Waals surface area contributed by atoms with E-state index < -0.39 is 60.4 Å². The van der Waals surface area contributed by atoms with Crippen LogP contribution < -0.4 is 16.4 Å². The molecule has 1 aromatic rings. The maximum atomic E-state index is 14.0. The third kappa shape index (κ3) is 6.00. The number of amides is 3. The van der Waals surface area contributed by atoms with Gasteiger partial charge in [0.1, 0.15) is 12.1 Å². The highest BCUT2D eigenvalue weighted by Crippen LogP contribution is 2.32. The Balaban J connectivity index is 2.16. The van der Waals surface area contributed by atoms with Crippen molar-refractivity contribution in [3.8, 4) is 0 Å². The largest absolute Gasteiger partial charge is 0.478 e. The molecule has 0 aliphatic carbocycles. The summed E-state index contributed by atoms with van der Waals surface area (Å²) >= 11 is 5.86. The summed E-state index contributed by atoms with van der Waals surface area (Å²) in [6.07, 6.45) is -0.644. The molecule has 1 aromatic carbocycles. The summed E-state index contributed by atoms with van der Waals surface area (Å²) < 4.78 is 28.0. The molecule has 172 valence electrons. The lowest BCUT2D eigenvalue weighted by molar-refractivity contribution is -0.139. The molecular formula is C19H19ClF2N4O6. The molecule has 0 spiro atoms. The summed E-state index contributed by atoms with van der Waals surface area (Å²) in [6, 6.07) is 0.992. The van der Waals surface area contributed by atoms with Crippen molar-refractivity contribution in [3.63, 3.8) is 0 Å². The zero-order chi connectivity index (χ0) is 24.2. The van der Waals surface area contributed by atoms with Gasteiger partial charge in [0.05, 0.1) is 29.0 Å². The molecule has 0 bridgehead atoms. The van der Waals surface area contributed by atoms with E-state index in [0.29, 0.717) is 11.0 Å². The minimum atomic E-state index is -3.41. The summed E-state index contributed by atoms with van der Waals surface area (Å²) in [5, 5.41) is 13.0. The van der Waals surface area contributed by atoms with Gasteiger partial charge in [-0.2, -0.15) is 0 Å². The second-order valence-corrected chi connectivity index (χ2v) is 7.43. The molecule has 3 amide bonds. The monoisotopic (exact) mass is 472 g/mol. The smallest absolute Gasteiger partial charge is 0.330 e. The van der Waals surface area contributed by atoms with Crippen molar-refractivity contribution in [1.82, 2.24) is 15.5 Å². The van der Waals surface area contributed by atoms with Gasteiger partial charge in [-0.1, -0.05) is 11.6 Å². The Hall–Kier alpha value is -3.54. The van der Waals surface area contributed by atoms with E-state index in [1.165, 1.54) is 25.1 Å². The molecule has 10 nitrogen and oxygen atoms in total. The molecule has 0 saturated carbocycles. The molecule has 1 aliphatic rings. The number of rotatable bonds is 7. The Morgan fingerprint density at radius 1 is 1.34 bits per heavy atom. The Bertz CT molecular complexity index is 1000. The van der Waals surface area contributed by atoms with Gasteiger partial charge in [0.25, 0.3) is 11.8 Å². The number of hydrogen-bond acceptors (Lipinski definition) is 6. The minimum absolute atomic E-state index is 0.0197. The van der Waals surface area contributed by atoms with Crippen LogP contribution in [0.1, 0.15) is 23.7 Å². The van der Waals surface area contributed by atoms with Gasteiger partial charge < -0.3 is 26.4 Å². The normalized spacial score (nSPS) is 18.6. The highest BCUT2D eigenvalue weighted by atomic mass is 35.5. The number of nitrogens with zero attached hydrogens (tertiary/aromatic N) is 1. The average Bonchev–Trinajstić information content (AvgIpc) is 3.03. The van der Waals surface area contributed by atoms with E-state index in [1.54, 1.807) is 0 Å². The molecular weight excluding hydrogens is 454 g/mol. The van der Waals surface area contributed by atoms with Crippen molar-refractivity contribution in [2.75, 3.05) is 12.3 Å². The number of nitrogens with one attached hydrogen (secondary N) is 2. The van der Waals surface area contributed by atoms with Gasteiger partial charge in [-0.3, -0.25) is 19.2 Å². The number of carbonyl (C=O) groups excluding carboxylic acids is 4. The fourth-order valence-corrected chi connectivity index (χ4v) is 3.18. The lowest BCUT2D eigenvalue weighted by Crippen LogP contribution is -2.52. The van der Waals surface area contributed by atoms with E-state index in [2.05, 4.69) is 5.32 Å². The first-order valence-corrected chi connectivity index (χ1v) is 9.47. The van der Waals surface area contributed by atoms with Gasteiger partial charge in [0.15, 0.2) is 6.29 Å². The number of aldehydes is 1. The fraction of sp³-hybridized carbons (Fsp3) is 0.316. The van der Waals surface area contributed by atoms with E-state index in [9.17, 15) is 32.8 Å². The highest BCUT2D eigenvalue weighted by Gasteiger charge is 2.50. The molecule has 1 unspecified atom stereocenters. The van der Waals surface area contributed by atoms with E-state index >= 15 is 0 Å². The second kappa shape index (κ2) is 9.73. The second-order valence-electron chi connectivity index (χ2n) is 7.02. The number of benzene rings is 1. The van der Waals surface area contributed by atoms with Gasteiger partial charge >= 0.3 is 5.97 Å². The summed E-state index contributed by atoms with van der Waals surface area (Å²) in [5.74, 6) is -7.83. The maximum Gasteiger partial charge on any atom is 0.330 e. The van der Waals surface area contributed by atoms with Crippen LogP contribution in [0, 0.1) is 0 Å². The fourth-order valence-electron chi connectivity index (χ4n) is 3.00. The minimum Gasteiger partial charge on any atom is -0.478 e. The lowest BCUT2D eigenvalue weighted by Gasteiger charge is -2.26. The van der Waals surface area contributed by atoms with Crippen LogP contribution in [0.4, 0.5) is 14.5 Å². The first-order valence-electron chi connectivity index (χ1n) is 9.09. The van der Waals surface area contributed by atoms with Gasteiger partial charge in [-0.05, 0) is 25.1 Å². The summed E-state index contributed by atoms with van der Waals surface area (Å²) in [7, 11) is 0. The number of allylic oxidation sites excluding steroid dienone is 1. The van der Waals surface area contributed by atoms with Crippen LogP contribution in [0.5, 0.6) is 0 Å². The predicted molar refractivity (Wildman–Crippen MR) is 108 cm³/mol. The van der Waals surface area contributed by atoms with E-state index in [1.807, 2.05) is 5.32 Å². The topological polar surface area (TPSA) is 159 Å². The SMILES string of the molecule is CC(NC(=O)c1ccc(N)c(Cl)c1)C(=O)N1CC(F)(F)C[C@H]1C(=O)N/C(C=O)=C/C(=O)O. The van der Waals surface area contributed by atoms with Gasteiger partial charge in [-0.25, -0.2) is 13.6 Å². The van der Waals surface area contributed by atoms with Gasteiger partial charge in [-0.15, -0.1) is 0 Å². The molecule has 1 aliphatic heterocycles. The van der Waals surface area contributed by atoms with Crippen molar-refractivity contribution in [3.05, 3.63) is 40.6 Å². The molecule has 13 heteroatoms. The van der Waals surface area contributed by atoms with Crippen LogP contribution in [0.15, 0.2) is 30.0 Å². The number of carbonyl (C=O) groups is 5. The van der Waals surface area contributed by atoms with Gasteiger partial charge in [0.2, 0.25) is 11.8 Å². The Kier molecular flexibility index (Phi) is 7.52. The van der Waals surface area contributed by atoms with Crippen molar-refractivity contribution in [2.45, 2.75) is 31.4 Å². The molecule has 0 aromatic heterocycles. The molecule has 1 heterocycles. The van der Waals surface area contributed by atoms with Crippen LogP contribution in [0.25, 0.3) is 0 Å². The number of anilines is 1. The Labute approximate surface area is 185 Å². The molecule has 2 atom stereocenters. The summed E-state index contributed by atoms with van der Waals surface area (Å²) in [6.45, 7) is 0.142. The zero-order valence-electron chi connectivity index (χ0n) is 16.6. The number of likely N-dealkylation sites (tertiary alicyclic amines) is 1.